The number of hydrogen-bond donors (Lipinski definition) is 2. The van der Waals surface area contributed by atoms with Crippen molar-refractivity contribution in [3.05, 3.63) is 85.5 Å². The number of carbonyl (C=O) groups excluding carboxylic acids is 1. The van der Waals surface area contributed by atoms with Gasteiger partial charge in [0.05, 0.1) is 16.9 Å². The normalized spacial score (nSPS) is 12.0. The van der Waals surface area contributed by atoms with Crippen molar-refractivity contribution in [2.24, 2.45) is 5.10 Å². The highest BCUT2D eigenvalue weighted by molar-refractivity contribution is 14.1. The molecule has 0 bridgehead atoms. The number of amides is 1. The maximum Gasteiger partial charge on any atom is 0.240 e. The molecular formula is C33H41IN2O4. The van der Waals surface area contributed by atoms with Crippen LogP contribution in [0.1, 0.15) is 81.3 Å². The molecule has 0 aliphatic heterocycles. The van der Waals surface area contributed by atoms with Crippen LogP contribution in [-0.2, 0) is 28.7 Å². The number of carbonyl (C=O) groups is 1. The summed E-state index contributed by atoms with van der Waals surface area (Å²) in [5, 5.41) is 15.1. The zero-order chi connectivity index (χ0) is 29.7. The fourth-order valence-corrected chi connectivity index (χ4v) is 5.05. The van der Waals surface area contributed by atoms with E-state index in [9.17, 15) is 9.90 Å². The first-order valence-corrected chi connectivity index (χ1v) is 14.5. The van der Waals surface area contributed by atoms with Gasteiger partial charge in [-0.1, -0.05) is 83.5 Å². The highest BCUT2D eigenvalue weighted by atomic mass is 127. The summed E-state index contributed by atoms with van der Waals surface area (Å²) < 4.78 is 12.5. The molecule has 3 aromatic rings. The smallest absolute Gasteiger partial charge is 0.240 e. The third-order valence-corrected chi connectivity index (χ3v) is 7.39. The predicted octanol–water partition coefficient (Wildman–Crippen LogP) is 7.57. The third-order valence-electron chi connectivity index (χ3n) is 6.58. The number of halogens is 1. The molecule has 0 aliphatic rings. The van der Waals surface area contributed by atoms with Crippen LogP contribution in [0.15, 0.2) is 53.6 Å². The molecule has 0 atom stereocenters. The standard InChI is InChI=1S/C33H41IN2O4/c1-21-9-11-22(12-10-21)20-40-31-27(34)17-24(18-28(31)39-8)19-35-36-29(37)14-13-23-15-25(32(2,3)4)30(38)26(16-23)33(5,6)7/h9-12,15-19,38H,13-14,20H2,1-8H3,(H,36,37)/b35-19-. The zero-order valence-corrected chi connectivity index (χ0v) is 27.0. The summed E-state index contributed by atoms with van der Waals surface area (Å²) in [5.74, 6) is 1.43. The summed E-state index contributed by atoms with van der Waals surface area (Å²) in [6.45, 7) is 15.0. The fraction of sp³-hybridized carbons (Fsp3) is 0.394. The van der Waals surface area contributed by atoms with E-state index in [1.807, 2.05) is 36.4 Å². The molecule has 0 heterocycles. The Hall–Kier alpha value is -3.07. The molecule has 40 heavy (non-hydrogen) atoms. The van der Waals surface area contributed by atoms with Gasteiger partial charge in [0.15, 0.2) is 11.5 Å². The van der Waals surface area contributed by atoms with Gasteiger partial charge in [-0.15, -0.1) is 0 Å². The number of phenols is 1. The Morgan fingerprint density at radius 2 is 1.57 bits per heavy atom. The number of ether oxygens (including phenoxy) is 2. The van der Waals surface area contributed by atoms with E-state index in [-0.39, 0.29) is 23.2 Å². The summed E-state index contributed by atoms with van der Waals surface area (Å²) in [7, 11) is 1.60. The van der Waals surface area contributed by atoms with Crippen molar-refractivity contribution < 1.29 is 19.4 Å². The molecule has 3 rings (SSSR count). The highest BCUT2D eigenvalue weighted by Gasteiger charge is 2.26. The molecule has 0 radical (unpaired) electrons. The summed E-state index contributed by atoms with van der Waals surface area (Å²) >= 11 is 2.21. The topological polar surface area (TPSA) is 80.2 Å². The molecule has 0 saturated heterocycles. The van der Waals surface area contributed by atoms with Gasteiger partial charge in [-0.25, -0.2) is 5.43 Å². The van der Waals surface area contributed by atoms with E-state index in [2.05, 4.69) is 93.7 Å². The minimum Gasteiger partial charge on any atom is -0.507 e. The average molecular weight is 657 g/mol. The number of nitrogens with one attached hydrogen (secondary N) is 1. The van der Waals surface area contributed by atoms with Crippen molar-refractivity contribution in [1.82, 2.24) is 5.43 Å². The van der Waals surface area contributed by atoms with Gasteiger partial charge in [0, 0.05) is 6.42 Å². The molecule has 0 unspecified atom stereocenters. The summed E-state index contributed by atoms with van der Waals surface area (Å²) in [6.07, 6.45) is 2.43. The molecule has 214 valence electrons. The van der Waals surface area contributed by atoms with Gasteiger partial charge in [0.25, 0.3) is 0 Å². The Morgan fingerprint density at radius 1 is 0.975 bits per heavy atom. The first-order chi connectivity index (χ1) is 18.7. The van der Waals surface area contributed by atoms with E-state index in [0.29, 0.717) is 30.3 Å². The van der Waals surface area contributed by atoms with E-state index in [1.165, 1.54) is 5.56 Å². The van der Waals surface area contributed by atoms with Gasteiger partial charge in [0.2, 0.25) is 5.91 Å². The molecule has 0 spiro atoms. The molecule has 2 N–H and O–H groups in total. The molecule has 1 amide bonds. The maximum absolute atomic E-state index is 12.6. The minimum atomic E-state index is -0.216. The number of benzene rings is 3. The second kappa shape index (κ2) is 13.1. The van der Waals surface area contributed by atoms with Gasteiger partial charge in [-0.05, 0) is 86.7 Å². The molecule has 0 fully saturated rings. The molecule has 0 aromatic heterocycles. The number of aromatic hydroxyl groups is 1. The number of methoxy groups -OCH3 is 1. The molecule has 0 aliphatic carbocycles. The number of rotatable bonds is 9. The lowest BCUT2D eigenvalue weighted by molar-refractivity contribution is -0.121. The SMILES string of the molecule is COc1cc(/C=N\NC(=O)CCc2cc(C(C)(C)C)c(O)c(C(C)(C)C)c2)cc(I)c1OCc1ccc(C)cc1. The van der Waals surface area contributed by atoms with E-state index in [4.69, 9.17) is 9.47 Å². The second-order valence-electron chi connectivity index (χ2n) is 12.1. The van der Waals surface area contributed by atoms with Crippen LogP contribution >= 0.6 is 22.6 Å². The van der Waals surface area contributed by atoms with E-state index < -0.39 is 0 Å². The number of aryl methyl sites for hydroxylation is 2. The van der Waals surface area contributed by atoms with Crippen LogP contribution in [0.5, 0.6) is 17.2 Å². The lowest BCUT2D eigenvalue weighted by Crippen LogP contribution is -2.20. The van der Waals surface area contributed by atoms with Crippen LogP contribution < -0.4 is 14.9 Å². The van der Waals surface area contributed by atoms with Crippen molar-refractivity contribution in [2.75, 3.05) is 7.11 Å². The Balaban J connectivity index is 1.65. The zero-order valence-electron chi connectivity index (χ0n) is 24.8. The Bertz CT molecular complexity index is 1330. The average Bonchev–Trinajstić information content (AvgIpc) is 2.86. The predicted molar refractivity (Wildman–Crippen MR) is 171 cm³/mol. The fourth-order valence-electron chi connectivity index (χ4n) is 4.27. The highest BCUT2D eigenvalue weighted by Crippen LogP contribution is 2.40. The minimum absolute atomic E-state index is 0.182. The molecule has 7 heteroatoms. The second-order valence-corrected chi connectivity index (χ2v) is 13.3. The van der Waals surface area contributed by atoms with Crippen LogP contribution in [0.4, 0.5) is 0 Å². The van der Waals surface area contributed by atoms with E-state index in [0.717, 1.165) is 31.4 Å². The molecule has 6 nitrogen and oxygen atoms in total. The molecule has 0 saturated carbocycles. The third kappa shape index (κ3) is 8.46. The lowest BCUT2D eigenvalue weighted by Gasteiger charge is -2.28. The number of nitrogens with zero attached hydrogens (tertiary/aromatic N) is 1. The quantitative estimate of drug-likeness (QED) is 0.142. The largest absolute Gasteiger partial charge is 0.507 e. The van der Waals surface area contributed by atoms with Crippen molar-refractivity contribution >= 4 is 34.7 Å². The van der Waals surface area contributed by atoms with Crippen molar-refractivity contribution in [2.45, 2.75) is 78.7 Å². The van der Waals surface area contributed by atoms with Crippen molar-refractivity contribution in [3.63, 3.8) is 0 Å². The van der Waals surface area contributed by atoms with Crippen molar-refractivity contribution in [3.8, 4) is 17.2 Å². The Morgan fingerprint density at radius 3 is 2.12 bits per heavy atom. The van der Waals surface area contributed by atoms with Gasteiger partial charge in [-0.3, -0.25) is 4.79 Å². The van der Waals surface area contributed by atoms with Crippen LogP contribution in [0, 0.1) is 10.5 Å². The lowest BCUT2D eigenvalue weighted by atomic mass is 9.78. The maximum atomic E-state index is 12.6. The monoisotopic (exact) mass is 656 g/mol. The van der Waals surface area contributed by atoms with Crippen LogP contribution in [0.3, 0.4) is 0 Å². The molecular weight excluding hydrogens is 615 g/mol. The summed E-state index contributed by atoms with van der Waals surface area (Å²) in [5.41, 5.74) is 8.07. The summed E-state index contributed by atoms with van der Waals surface area (Å²) in [4.78, 5) is 12.6. The van der Waals surface area contributed by atoms with E-state index in [1.54, 1.807) is 13.3 Å². The first kappa shape index (κ1) is 31.5. The van der Waals surface area contributed by atoms with Gasteiger partial charge in [-0.2, -0.15) is 5.10 Å². The summed E-state index contributed by atoms with van der Waals surface area (Å²) in [6, 6.07) is 16.0. The van der Waals surface area contributed by atoms with Crippen molar-refractivity contribution in [1.29, 1.82) is 0 Å². The number of hydrazone groups is 1. The molecule has 3 aromatic carbocycles. The number of phenolic OH excluding ortho intramolecular Hbond substituents is 1. The first-order valence-electron chi connectivity index (χ1n) is 13.4. The van der Waals surface area contributed by atoms with Gasteiger partial charge >= 0.3 is 0 Å². The van der Waals surface area contributed by atoms with Crippen LogP contribution in [-0.4, -0.2) is 24.3 Å². The Kier molecular flexibility index (Phi) is 10.3. The van der Waals surface area contributed by atoms with Crippen LogP contribution in [0.25, 0.3) is 0 Å². The number of hydrogen-bond acceptors (Lipinski definition) is 5. The van der Waals surface area contributed by atoms with Gasteiger partial charge < -0.3 is 14.6 Å². The van der Waals surface area contributed by atoms with Crippen LogP contribution in [0.2, 0.25) is 0 Å². The Labute approximate surface area is 252 Å². The van der Waals surface area contributed by atoms with E-state index >= 15 is 0 Å². The van der Waals surface area contributed by atoms with Gasteiger partial charge in [0.1, 0.15) is 12.4 Å².